The van der Waals surface area contributed by atoms with Gasteiger partial charge in [-0.05, 0) is 61.7 Å². The van der Waals surface area contributed by atoms with Crippen molar-refractivity contribution in [3.63, 3.8) is 0 Å². The zero-order chi connectivity index (χ0) is 23.9. The summed E-state index contributed by atoms with van der Waals surface area (Å²) in [7, 11) is 1.65. The summed E-state index contributed by atoms with van der Waals surface area (Å²) in [4.78, 5) is 22.3. The Hall–Kier alpha value is -3.59. The van der Waals surface area contributed by atoms with E-state index in [2.05, 4.69) is 55.9 Å². The van der Waals surface area contributed by atoms with Gasteiger partial charge in [-0.2, -0.15) is 5.10 Å². The summed E-state index contributed by atoms with van der Waals surface area (Å²) in [6, 6.07) is 12.1. The summed E-state index contributed by atoms with van der Waals surface area (Å²) < 4.78 is 5.42. The normalized spacial score (nSPS) is 23.9. The number of amides is 1. The number of ether oxygens (including phenoxy) is 1. The number of nitrogens with one attached hydrogen (secondary N) is 3. The number of anilines is 3. The predicted molar refractivity (Wildman–Crippen MR) is 137 cm³/mol. The van der Waals surface area contributed by atoms with Gasteiger partial charge in [-0.3, -0.25) is 9.89 Å². The molecule has 3 aliphatic rings. The number of carbonyl (C=O) groups excluding carboxylic acids is 1. The first-order chi connectivity index (χ1) is 17.0. The minimum atomic E-state index is -0.522. The van der Waals surface area contributed by atoms with Crippen LogP contribution in [0.2, 0.25) is 0 Å². The fourth-order valence-electron chi connectivity index (χ4n) is 5.72. The number of aromatic amines is 1. The van der Waals surface area contributed by atoms with Crippen molar-refractivity contribution < 1.29 is 9.53 Å². The van der Waals surface area contributed by atoms with Crippen molar-refractivity contribution in [3.05, 3.63) is 64.6 Å². The van der Waals surface area contributed by atoms with E-state index in [-0.39, 0.29) is 11.8 Å². The summed E-state index contributed by atoms with van der Waals surface area (Å²) in [6.45, 7) is 4.11. The van der Waals surface area contributed by atoms with Gasteiger partial charge >= 0.3 is 0 Å². The van der Waals surface area contributed by atoms with Crippen molar-refractivity contribution in [2.24, 2.45) is 0 Å². The average molecular weight is 485 g/mol. The van der Waals surface area contributed by atoms with Crippen LogP contribution in [0.3, 0.4) is 0 Å². The molecule has 176 valence electrons. The molecule has 9 heteroatoms. The summed E-state index contributed by atoms with van der Waals surface area (Å²) in [5.74, 6) is 4.19. The first-order valence-electron chi connectivity index (χ1n) is 11.7. The van der Waals surface area contributed by atoms with E-state index in [0.717, 1.165) is 74.4 Å². The van der Waals surface area contributed by atoms with Gasteiger partial charge in [0.1, 0.15) is 17.4 Å². The standard InChI is InChI=1S/C26H24N6O2S/c1-12-22-21(11-35-12)27-13(2)28-24(22)30-23-16-6-4-14(8-20(16)31-32-23)18-10-26(18)17-9-15(34-3)5-7-19(17)29-25(26)33/h4-9,12,18H,10-11H2,1-3H3,(H,29,33)(H2,27,28,30,31,32)/t12?,18-,26-/m0/s1. The molecule has 1 fully saturated rings. The highest BCUT2D eigenvalue weighted by Gasteiger charge is 2.65. The van der Waals surface area contributed by atoms with E-state index in [0.29, 0.717) is 5.25 Å². The Labute approximate surface area is 206 Å². The third kappa shape index (κ3) is 2.94. The van der Waals surface area contributed by atoms with Crippen LogP contribution in [-0.4, -0.2) is 33.2 Å². The predicted octanol–water partition coefficient (Wildman–Crippen LogP) is 5.10. The Bertz CT molecular complexity index is 1550. The van der Waals surface area contributed by atoms with E-state index in [1.807, 2.05) is 36.9 Å². The van der Waals surface area contributed by atoms with E-state index in [1.165, 1.54) is 0 Å². The maximum absolute atomic E-state index is 13.0. The number of methoxy groups -OCH3 is 1. The smallest absolute Gasteiger partial charge is 0.235 e. The number of thioether (sulfide) groups is 1. The highest BCUT2D eigenvalue weighted by Crippen LogP contribution is 2.65. The maximum Gasteiger partial charge on any atom is 0.235 e. The van der Waals surface area contributed by atoms with Crippen molar-refractivity contribution in [2.75, 3.05) is 17.7 Å². The zero-order valence-corrected chi connectivity index (χ0v) is 20.4. The quantitative estimate of drug-likeness (QED) is 0.370. The van der Waals surface area contributed by atoms with Crippen LogP contribution in [0, 0.1) is 6.92 Å². The lowest BCUT2D eigenvalue weighted by atomic mass is 9.91. The monoisotopic (exact) mass is 484 g/mol. The van der Waals surface area contributed by atoms with E-state index in [4.69, 9.17) is 4.74 Å². The fourth-order valence-corrected chi connectivity index (χ4v) is 6.76. The summed E-state index contributed by atoms with van der Waals surface area (Å²) in [5.41, 5.74) is 5.71. The largest absolute Gasteiger partial charge is 0.497 e. The molecule has 35 heavy (non-hydrogen) atoms. The number of nitrogens with zero attached hydrogens (tertiary/aromatic N) is 3. The molecule has 1 amide bonds. The van der Waals surface area contributed by atoms with Gasteiger partial charge in [0.15, 0.2) is 5.82 Å². The van der Waals surface area contributed by atoms with Gasteiger partial charge in [-0.1, -0.05) is 6.07 Å². The van der Waals surface area contributed by atoms with Crippen molar-refractivity contribution in [1.82, 2.24) is 20.2 Å². The Morgan fingerprint density at radius 2 is 2.06 bits per heavy atom. The van der Waals surface area contributed by atoms with Crippen molar-refractivity contribution in [2.45, 2.75) is 42.6 Å². The minimum absolute atomic E-state index is 0.0674. The highest BCUT2D eigenvalue weighted by molar-refractivity contribution is 7.99. The van der Waals surface area contributed by atoms with Gasteiger partial charge in [0.2, 0.25) is 5.91 Å². The Morgan fingerprint density at radius 1 is 1.17 bits per heavy atom. The molecule has 1 unspecified atom stereocenters. The molecule has 2 aliphatic heterocycles. The summed E-state index contributed by atoms with van der Waals surface area (Å²) in [5, 5.41) is 15.6. The van der Waals surface area contributed by atoms with Crippen molar-refractivity contribution >= 4 is 45.9 Å². The fraction of sp³-hybridized carbons (Fsp3) is 0.308. The van der Waals surface area contributed by atoms with Crippen LogP contribution in [0.25, 0.3) is 10.9 Å². The molecule has 1 aliphatic carbocycles. The number of benzene rings is 2. The van der Waals surface area contributed by atoms with Crippen LogP contribution in [0.5, 0.6) is 5.75 Å². The lowest BCUT2D eigenvalue weighted by Crippen LogP contribution is -2.21. The molecule has 1 spiro atoms. The summed E-state index contributed by atoms with van der Waals surface area (Å²) >= 11 is 1.87. The highest BCUT2D eigenvalue weighted by atomic mass is 32.2. The lowest BCUT2D eigenvalue weighted by Gasteiger charge is -2.12. The molecule has 8 nitrogen and oxygen atoms in total. The van der Waals surface area contributed by atoms with Crippen LogP contribution >= 0.6 is 11.8 Å². The molecular formula is C26H24N6O2S. The van der Waals surface area contributed by atoms with E-state index in [9.17, 15) is 4.79 Å². The number of aromatic nitrogens is 4. The average Bonchev–Trinajstić information content (AvgIpc) is 3.19. The number of aryl methyl sites for hydroxylation is 1. The van der Waals surface area contributed by atoms with Gasteiger partial charge in [0.25, 0.3) is 0 Å². The molecule has 3 N–H and O–H groups in total. The molecule has 1 saturated carbocycles. The van der Waals surface area contributed by atoms with Gasteiger partial charge < -0.3 is 15.4 Å². The van der Waals surface area contributed by atoms with Crippen LogP contribution in [0.15, 0.2) is 36.4 Å². The second-order valence-electron chi connectivity index (χ2n) is 9.53. The molecule has 4 aromatic rings. The first-order valence-corrected chi connectivity index (χ1v) is 12.8. The third-order valence-corrected chi connectivity index (χ3v) is 8.74. The molecule has 7 rings (SSSR count). The maximum atomic E-state index is 13.0. The number of rotatable bonds is 4. The Morgan fingerprint density at radius 3 is 2.91 bits per heavy atom. The number of hydrogen-bond acceptors (Lipinski definition) is 7. The van der Waals surface area contributed by atoms with Crippen molar-refractivity contribution in [3.8, 4) is 5.75 Å². The van der Waals surface area contributed by atoms with Crippen LogP contribution in [0.4, 0.5) is 17.3 Å². The minimum Gasteiger partial charge on any atom is -0.497 e. The molecule has 2 aromatic carbocycles. The zero-order valence-electron chi connectivity index (χ0n) is 19.6. The first kappa shape index (κ1) is 20.8. The van der Waals surface area contributed by atoms with Gasteiger partial charge in [-0.25, -0.2) is 9.97 Å². The Balaban J connectivity index is 1.22. The molecule has 4 heterocycles. The molecule has 3 atom stereocenters. The van der Waals surface area contributed by atoms with Crippen molar-refractivity contribution in [1.29, 1.82) is 0 Å². The van der Waals surface area contributed by atoms with E-state index in [1.54, 1.807) is 7.11 Å². The topological polar surface area (TPSA) is 105 Å². The molecule has 0 radical (unpaired) electrons. The molecule has 0 bridgehead atoms. The van der Waals surface area contributed by atoms with Crippen LogP contribution in [-0.2, 0) is 16.0 Å². The van der Waals surface area contributed by atoms with Crippen LogP contribution < -0.4 is 15.4 Å². The summed E-state index contributed by atoms with van der Waals surface area (Å²) in [6.07, 6.45) is 0.783. The second-order valence-corrected chi connectivity index (χ2v) is 10.9. The van der Waals surface area contributed by atoms with E-state index >= 15 is 0 Å². The number of carbonyl (C=O) groups is 1. The van der Waals surface area contributed by atoms with Gasteiger partial charge in [0.05, 0.1) is 23.7 Å². The molecule has 0 saturated heterocycles. The van der Waals surface area contributed by atoms with Crippen LogP contribution in [0.1, 0.15) is 52.7 Å². The molecule has 2 aromatic heterocycles. The SMILES string of the molecule is COc1ccc2c(c1)[C@]1(C[C@H]1c1ccc3c(Nc4nc(C)nc5c4C(C)SC5)n[nH]c3c1)C(=O)N2. The van der Waals surface area contributed by atoms with Gasteiger partial charge in [0, 0.05) is 33.6 Å². The third-order valence-electron chi connectivity index (χ3n) is 7.56. The Kier molecular flexibility index (Phi) is 4.27. The lowest BCUT2D eigenvalue weighted by molar-refractivity contribution is -0.118. The number of hydrogen-bond donors (Lipinski definition) is 3. The molecular weight excluding hydrogens is 460 g/mol. The second kappa shape index (κ2) is 7.21. The van der Waals surface area contributed by atoms with E-state index < -0.39 is 5.41 Å². The van der Waals surface area contributed by atoms with Gasteiger partial charge in [-0.15, -0.1) is 11.8 Å². The number of H-pyrrole nitrogens is 1. The number of fused-ring (bicyclic) bond motifs is 4.